The van der Waals surface area contributed by atoms with E-state index in [-0.39, 0.29) is 11.4 Å². The average molecular weight is 406 g/mol. The molecule has 0 saturated heterocycles. The summed E-state index contributed by atoms with van der Waals surface area (Å²) in [5.74, 6) is -0.619. The van der Waals surface area contributed by atoms with Gasteiger partial charge in [0.15, 0.2) is 0 Å². The van der Waals surface area contributed by atoms with Gasteiger partial charge in [0, 0.05) is 31.9 Å². The molecule has 0 bridgehead atoms. The van der Waals surface area contributed by atoms with Crippen molar-refractivity contribution in [3.8, 4) is 0 Å². The number of benzene rings is 2. The Bertz CT molecular complexity index is 1000. The number of hydrogen-bond acceptors (Lipinski definition) is 5. The number of hydrogen-bond donors (Lipinski definition) is 1. The number of nitrogens with zero attached hydrogens (tertiary/aromatic N) is 3. The Morgan fingerprint density at radius 2 is 1.82 bits per heavy atom. The van der Waals surface area contributed by atoms with Crippen molar-refractivity contribution in [3.63, 3.8) is 0 Å². The van der Waals surface area contributed by atoms with Crippen LogP contribution in [-0.4, -0.2) is 44.2 Å². The van der Waals surface area contributed by atoms with Gasteiger partial charge in [0.25, 0.3) is 5.69 Å². The molecule has 1 N–H and O–H groups in total. The Labute approximate surface area is 163 Å². The van der Waals surface area contributed by atoms with E-state index >= 15 is 0 Å². The van der Waals surface area contributed by atoms with Gasteiger partial charge < -0.3 is 5.32 Å². The zero-order valence-corrected chi connectivity index (χ0v) is 16.9. The standard InChI is InChI=1S/C18H22N4O5S/c1-13-8-9-14(2)17(10-13)21(28(26,27)20(3)4)12-18(23)19-15-6-5-7-16(11-15)22(24)25/h5-11H,12H2,1-4H3,(H,19,23). The minimum Gasteiger partial charge on any atom is -0.324 e. The predicted molar refractivity (Wildman–Crippen MR) is 108 cm³/mol. The van der Waals surface area contributed by atoms with Crippen LogP contribution in [0.3, 0.4) is 0 Å². The monoisotopic (exact) mass is 406 g/mol. The van der Waals surface area contributed by atoms with E-state index in [0.717, 1.165) is 14.2 Å². The summed E-state index contributed by atoms with van der Waals surface area (Å²) in [5, 5.41) is 13.4. The van der Waals surface area contributed by atoms with Crippen LogP contribution in [0.2, 0.25) is 0 Å². The fourth-order valence-electron chi connectivity index (χ4n) is 2.50. The van der Waals surface area contributed by atoms with Crippen LogP contribution < -0.4 is 9.62 Å². The molecule has 0 aromatic heterocycles. The highest BCUT2D eigenvalue weighted by atomic mass is 32.2. The van der Waals surface area contributed by atoms with Crippen molar-refractivity contribution < 1.29 is 18.1 Å². The molecule has 2 rings (SSSR count). The van der Waals surface area contributed by atoms with Gasteiger partial charge in [-0.2, -0.15) is 12.7 Å². The highest BCUT2D eigenvalue weighted by Crippen LogP contribution is 2.25. The molecule has 0 saturated carbocycles. The average Bonchev–Trinajstić information content (AvgIpc) is 2.61. The topological polar surface area (TPSA) is 113 Å². The van der Waals surface area contributed by atoms with E-state index in [9.17, 15) is 23.3 Å². The number of non-ortho nitro benzene ring substituents is 1. The van der Waals surface area contributed by atoms with Crippen LogP contribution in [-0.2, 0) is 15.0 Å². The van der Waals surface area contributed by atoms with E-state index in [1.807, 2.05) is 13.0 Å². The van der Waals surface area contributed by atoms with Crippen LogP contribution in [0.4, 0.5) is 17.1 Å². The van der Waals surface area contributed by atoms with E-state index in [2.05, 4.69) is 5.32 Å². The molecule has 2 aromatic carbocycles. The van der Waals surface area contributed by atoms with Crippen molar-refractivity contribution in [2.75, 3.05) is 30.3 Å². The third-order valence-corrected chi connectivity index (χ3v) is 5.81. The van der Waals surface area contributed by atoms with Crippen LogP contribution in [0.15, 0.2) is 42.5 Å². The molecule has 9 nitrogen and oxygen atoms in total. The Hall–Kier alpha value is -2.98. The molecule has 0 unspecified atom stereocenters. The number of nitro groups is 1. The summed E-state index contributed by atoms with van der Waals surface area (Å²) in [6.45, 7) is 3.10. The fraction of sp³-hybridized carbons (Fsp3) is 0.278. The molecule has 0 aliphatic rings. The van der Waals surface area contributed by atoms with Gasteiger partial charge in [-0.1, -0.05) is 18.2 Å². The lowest BCUT2D eigenvalue weighted by atomic mass is 10.1. The van der Waals surface area contributed by atoms with Gasteiger partial charge in [-0.25, -0.2) is 4.31 Å². The lowest BCUT2D eigenvalue weighted by Gasteiger charge is -2.28. The number of carbonyl (C=O) groups excluding carboxylic acids is 1. The van der Waals surface area contributed by atoms with Gasteiger partial charge in [-0.05, 0) is 37.1 Å². The van der Waals surface area contributed by atoms with Gasteiger partial charge in [0.2, 0.25) is 5.91 Å². The van der Waals surface area contributed by atoms with Gasteiger partial charge in [-0.15, -0.1) is 0 Å². The zero-order valence-electron chi connectivity index (χ0n) is 16.0. The first-order chi connectivity index (χ1) is 13.0. The maximum atomic E-state index is 12.8. The lowest BCUT2D eigenvalue weighted by Crippen LogP contribution is -2.44. The fourth-order valence-corrected chi connectivity index (χ4v) is 3.62. The van der Waals surface area contributed by atoms with Crippen molar-refractivity contribution >= 4 is 33.2 Å². The van der Waals surface area contributed by atoms with Crippen molar-refractivity contribution in [1.82, 2.24) is 4.31 Å². The summed E-state index contributed by atoms with van der Waals surface area (Å²) in [4.78, 5) is 22.8. The molecule has 0 aliphatic carbocycles. The molecule has 1 amide bonds. The van der Waals surface area contributed by atoms with Gasteiger partial charge in [-0.3, -0.25) is 14.9 Å². The number of nitrogens with one attached hydrogen (secondary N) is 1. The number of aryl methyl sites for hydroxylation is 2. The third kappa shape index (κ3) is 4.84. The SMILES string of the molecule is Cc1ccc(C)c(N(CC(=O)Nc2cccc([N+](=O)[O-])c2)S(=O)(=O)N(C)C)c1. The first kappa shape index (κ1) is 21.3. The molecular formula is C18H22N4O5S. The normalized spacial score (nSPS) is 11.3. The molecule has 0 radical (unpaired) electrons. The van der Waals surface area contributed by atoms with Crippen molar-refractivity contribution in [2.24, 2.45) is 0 Å². The number of amides is 1. The van der Waals surface area contributed by atoms with Gasteiger partial charge in [0.1, 0.15) is 6.54 Å². The molecule has 2 aromatic rings. The molecule has 0 aliphatic heterocycles. The molecule has 28 heavy (non-hydrogen) atoms. The lowest BCUT2D eigenvalue weighted by molar-refractivity contribution is -0.384. The molecule has 0 heterocycles. The van der Waals surface area contributed by atoms with Crippen LogP contribution in [0.1, 0.15) is 11.1 Å². The molecule has 0 spiro atoms. The van der Waals surface area contributed by atoms with E-state index in [1.165, 1.54) is 38.4 Å². The van der Waals surface area contributed by atoms with E-state index in [4.69, 9.17) is 0 Å². The Morgan fingerprint density at radius 1 is 1.14 bits per heavy atom. The van der Waals surface area contributed by atoms with Crippen molar-refractivity contribution in [3.05, 3.63) is 63.7 Å². The maximum absolute atomic E-state index is 12.8. The molecule has 150 valence electrons. The van der Waals surface area contributed by atoms with Crippen molar-refractivity contribution in [1.29, 1.82) is 0 Å². The quantitative estimate of drug-likeness (QED) is 0.561. The van der Waals surface area contributed by atoms with Crippen LogP contribution in [0.25, 0.3) is 0 Å². The summed E-state index contributed by atoms with van der Waals surface area (Å²) >= 11 is 0. The summed E-state index contributed by atoms with van der Waals surface area (Å²) in [5.41, 5.74) is 1.97. The van der Waals surface area contributed by atoms with Crippen molar-refractivity contribution in [2.45, 2.75) is 13.8 Å². The Morgan fingerprint density at radius 3 is 2.43 bits per heavy atom. The molecule has 0 fully saturated rings. The Balaban J connectivity index is 2.35. The minimum absolute atomic E-state index is 0.176. The maximum Gasteiger partial charge on any atom is 0.304 e. The molecular weight excluding hydrogens is 384 g/mol. The second-order valence-electron chi connectivity index (χ2n) is 6.44. The summed E-state index contributed by atoms with van der Waals surface area (Å²) < 4.78 is 27.7. The van der Waals surface area contributed by atoms with E-state index in [1.54, 1.807) is 19.1 Å². The minimum atomic E-state index is -3.94. The van der Waals surface area contributed by atoms with E-state index < -0.39 is 27.6 Å². The summed E-state index contributed by atoms with van der Waals surface area (Å²) in [6, 6.07) is 10.8. The zero-order chi connectivity index (χ0) is 21.1. The van der Waals surface area contributed by atoms with E-state index in [0.29, 0.717) is 11.3 Å². The largest absolute Gasteiger partial charge is 0.324 e. The third-order valence-electron chi connectivity index (χ3n) is 4.00. The number of nitro benzene ring substituents is 1. The Kier molecular flexibility index (Phi) is 6.37. The van der Waals surface area contributed by atoms with Gasteiger partial charge in [0.05, 0.1) is 10.6 Å². The summed E-state index contributed by atoms with van der Waals surface area (Å²) in [6.07, 6.45) is 0. The van der Waals surface area contributed by atoms with Crippen LogP contribution >= 0.6 is 0 Å². The number of rotatable bonds is 7. The van der Waals surface area contributed by atoms with Crippen LogP contribution in [0, 0.1) is 24.0 Å². The first-order valence-corrected chi connectivity index (χ1v) is 9.74. The smallest absolute Gasteiger partial charge is 0.304 e. The number of anilines is 2. The molecule has 0 atom stereocenters. The first-order valence-electron chi connectivity index (χ1n) is 8.34. The summed E-state index contributed by atoms with van der Waals surface area (Å²) in [7, 11) is -1.18. The number of carbonyl (C=O) groups is 1. The highest BCUT2D eigenvalue weighted by Gasteiger charge is 2.28. The van der Waals surface area contributed by atoms with Gasteiger partial charge >= 0.3 is 10.2 Å². The predicted octanol–water partition coefficient (Wildman–Crippen LogP) is 2.46. The highest BCUT2D eigenvalue weighted by molar-refractivity contribution is 7.90. The van der Waals surface area contributed by atoms with Crippen LogP contribution in [0.5, 0.6) is 0 Å². The second kappa shape index (κ2) is 8.36. The second-order valence-corrected chi connectivity index (χ2v) is 8.51. The molecule has 10 heteroatoms.